The van der Waals surface area contributed by atoms with Crippen molar-refractivity contribution < 1.29 is 23.9 Å². The Morgan fingerprint density at radius 2 is 1.65 bits per heavy atom. The number of aliphatic carboxylic acids is 1. The highest BCUT2D eigenvalue weighted by atomic mass is 16.4. The van der Waals surface area contributed by atoms with Crippen molar-refractivity contribution in [2.24, 2.45) is 11.3 Å². The molecule has 0 bridgehead atoms. The van der Waals surface area contributed by atoms with Gasteiger partial charge < -0.3 is 25.1 Å². The van der Waals surface area contributed by atoms with Gasteiger partial charge in [-0.2, -0.15) is 0 Å². The molecule has 0 saturated heterocycles. The van der Waals surface area contributed by atoms with Gasteiger partial charge in [0, 0.05) is 29.0 Å². The van der Waals surface area contributed by atoms with E-state index >= 15 is 0 Å². The Morgan fingerprint density at radius 3 is 2.16 bits per heavy atom. The van der Waals surface area contributed by atoms with Crippen LogP contribution in [0.4, 0.5) is 0 Å². The van der Waals surface area contributed by atoms with Crippen LogP contribution in [0.1, 0.15) is 61.0 Å². The lowest BCUT2D eigenvalue weighted by Crippen LogP contribution is -2.61. The van der Waals surface area contributed by atoms with Crippen LogP contribution >= 0.6 is 0 Å². The molecule has 1 aromatic carbocycles. The number of carboxylic acids is 1. The minimum absolute atomic E-state index is 0.0297. The summed E-state index contributed by atoms with van der Waals surface area (Å²) < 4.78 is 5.74. The SMILES string of the molecule is CN[C@@H](C(=O)N[C@H](C(=O)N(C)[C@H](/C=C(\C)C(=O)O)C(C)C)C(C)(C)C)C(C)(C)c1coc2ccccc12. The zero-order valence-corrected chi connectivity index (χ0v) is 23.8. The number of nitrogens with one attached hydrogen (secondary N) is 2. The second-order valence-corrected chi connectivity index (χ2v) is 11.7. The van der Waals surface area contributed by atoms with Crippen molar-refractivity contribution >= 4 is 28.8 Å². The molecule has 2 aromatic rings. The van der Waals surface area contributed by atoms with E-state index in [1.807, 2.05) is 72.7 Å². The molecule has 3 atom stereocenters. The van der Waals surface area contributed by atoms with E-state index < -0.39 is 34.9 Å². The Balaban J connectivity index is 2.40. The third-order valence-corrected chi connectivity index (χ3v) is 7.08. The molecule has 0 aliphatic rings. The van der Waals surface area contributed by atoms with Gasteiger partial charge in [0.1, 0.15) is 11.6 Å². The zero-order chi connectivity index (χ0) is 28.3. The van der Waals surface area contributed by atoms with Crippen LogP contribution in [0.3, 0.4) is 0 Å². The fraction of sp³-hybridized carbons (Fsp3) is 0.552. The van der Waals surface area contributed by atoms with Gasteiger partial charge in [-0.1, -0.05) is 72.7 Å². The number of para-hydroxylation sites is 1. The van der Waals surface area contributed by atoms with E-state index in [0.29, 0.717) is 0 Å². The number of rotatable bonds is 10. The van der Waals surface area contributed by atoms with Crippen molar-refractivity contribution in [2.75, 3.05) is 14.1 Å². The summed E-state index contributed by atoms with van der Waals surface area (Å²) in [6.45, 7) is 15.0. The Labute approximate surface area is 220 Å². The second kappa shape index (κ2) is 11.5. The Bertz CT molecular complexity index is 1160. The minimum Gasteiger partial charge on any atom is -0.478 e. The molecule has 2 amide bonds. The molecule has 0 spiro atoms. The van der Waals surface area contributed by atoms with Gasteiger partial charge in [-0.3, -0.25) is 9.59 Å². The van der Waals surface area contributed by atoms with E-state index in [2.05, 4.69) is 10.6 Å². The van der Waals surface area contributed by atoms with E-state index in [-0.39, 0.29) is 23.3 Å². The summed E-state index contributed by atoms with van der Waals surface area (Å²) in [5, 5.41) is 16.5. The normalized spacial score (nSPS) is 15.4. The van der Waals surface area contributed by atoms with Crippen LogP contribution in [0.2, 0.25) is 0 Å². The lowest BCUT2D eigenvalue weighted by Gasteiger charge is -2.39. The summed E-state index contributed by atoms with van der Waals surface area (Å²) in [5.74, 6) is -1.65. The highest BCUT2D eigenvalue weighted by molar-refractivity contribution is 5.92. The molecule has 1 heterocycles. The molecule has 0 unspecified atom stereocenters. The number of carboxylic acid groups (broad SMARTS) is 1. The Hall–Kier alpha value is -3.13. The van der Waals surface area contributed by atoms with Gasteiger partial charge in [0.15, 0.2) is 0 Å². The van der Waals surface area contributed by atoms with E-state index in [0.717, 1.165) is 16.5 Å². The molecule has 0 fully saturated rings. The number of carbonyl (C=O) groups is 3. The maximum absolute atomic E-state index is 13.8. The maximum Gasteiger partial charge on any atom is 0.331 e. The molecular formula is C29H43N3O5. The third kappa shape index (κ3) is 6.60. The monoisotopic (exact) mass is 513 g/mol. The predicted molar refractivity (Wildman–Crippen MR) is 146 cm³/mol. The van der Waals surface area contributed by atoms with Crippen LogP contribution in [0, 0.1) is 11.3 Å². The molecule has 8 heteroatoms. The Kier molecular flexibility index (Phi) is 9.36. The largest absolute Gasteiger partial charge is 0.478 e. The van der Waals surface area contributed by atoms with Crippen molar-refractivity contribution in [1.29, 1.82) is 0 Å². The zero-order valence-electron chi connectivity index (χ0n) is 23.8. The van der Waals surface area contributed by atoms with Gasteiger partial charge in [-0.25, -0.2) is 4.79 Å². The fourth-order valence-electron chi connectivity index (χ4n) is 4.76. The molecular weight excluding hydrogens is 470 g/mol. The summed E-state index contributed by atoms with van der Waals surface area (Å²) in [5.41, 5.74) is 0.542. The molecule has 204 valence electrons. The molecule has 3 N–H and O–H groups in total. The van der Waals surface area contributed by atoms with Crippen LogP contribution in [0.25, 0.3) is 11.0 Å². The molecule has 0 radical (unpaired) electrons. The molecule has 37 heavy (non-hydrogen) atoms. The van der Waals surface area contributed by atoms with Gasteiger partial charge in [0.25, 0.3) is 0 Å². The summed E-state index contributed by atoms with van der Waals surface area (Å²) in [4.78, 5) is 40.5. The van der Waals surface area contributed by atoms with Crippen LogP contribution in [-0.2, 0) is 19.8 Å². The summed E-state index contributed by atoms with van der Waals surface area (Å²) in [6, 6.07) is 5.75. The molecule has 1 aromatic heterocycles. The number of furan rings is 1. The molecule has 8 nitrogen and oxygen atoms in total. The van der Waals surface area contributed by atoms with Crippen LogP contribution < -0.4 is 10.6 Å². The first-order valence-corrected chi connectivity index (χ1v) is 12.7. The van der Waals surface area contributed by atoms with Gasteiger partial charge in [0.05, 0.1) is 18.3 Å². The van der Waals surface area contributed by atoms with Gasteiger partial charge in [0.2, 0.25) is 11.8 Å². The summed E-state index contributed by atoms with van der Waals surface area (Å²) in [6.07, 6.45) is 3.28. The van der Waals surface area contributed by atoms with E-state index in [1.54, 1.807) is 26.4 Å². The number of benzene rings is 1. The van der Waals surface area contributed by atoms with Crippen molar-refractivity contribution in [2.45, 2.75) is 78.9 Å². The standard InChI is InChI=1S/C29H43N3O5/c1-17(2)21(15-18(3)27(35)36)32(10)26(34)24(28(4,5)6)31-25(33)23(30-9)29(7,8)20-16-37-22-14-12-11-13-19(20)22/h11-17,21,23-24,30H,1-10H3,(H,31,33)(H,35,36)/b18-15+/t21-,23+,24-/m1/s1. The average Bonchev–Trinajstić information content (AvgIpc) is 3.24. The van der Waals surface area contributed by atoms with Crippen molar-refractivity contribution in [3.8, 4) is 0 Å². The van der Waals surface area contributed by atoms with Crippen LogP contribution in [-0.4, -0.2) is 60.0 Å². The highest BCUT2D eigenvalue weighted by Gasteiger charge is 2.42. The Morgan fingerprint density at radius 1 is 1.05 bits per heavy atom. The molecule has 0 aliphatic carbocycles. The number of amides is 2. The van der Waals surface area contributed by atoms with Gasteiger partial charge >= 0.3 is 5.97 Å². The number of fused-ring (bicyclic) bond motifs is 1. The lowest BCUT2D eigenvalue weighted by molar-refractivity contribution is -0.141. The van der Waals surface area contributed by atoms with Crippen molar-refractivity contribution in [3.05, 3.63) is 47.7 Å². The number of likely N-dealkylation sites (N-methyl/N-ethyl adjacent to an activating group) is 2. The average molecular weight is 514 g/mol. The molecule has 2 rings (SSSR count). The topological polar surface area (TPSA) is 112 Å². The second-order valence-electron chi connectivity index (χ2n) is 11.7. The number of hydrogen-bond acceptors (Lipinski definition) is 5. The number of hydrogen-bond donors (Lipinski definition) is 3. The third-order valence-electron chi connectivity index (χ3n) is 7.08. The van der Waals surface area contributed by atoms with E-state index in [1.165, 1.54) is 11.8 Å². The molecule has 0 aliphatic heterocycles. The quantitative estimate of drug-likeness (QED) is 0.408. The lowest BCUT2D eigenvalue weighted by atomic mass is 9.76. The van der Waals surface area contributed by atoms with Crippen LogP contribution in [0.5, 0.6) is 0 Å². The predicted octanol–water partition coefficient (Wildman–Crippen LogP) is 4.34. The number of nitrogens with zero attached hydrogens (tertiary/aromatic N) is 1. The minimum atomic E-state index is -1.03. The first-order chi connectivity index (χ1) is 17.0. The summed E-state index contributed by atoms with van der Waals surface area (Å²) >= 11 is 0. The summed E-state index contributed by atoms with van der Waals surface area (Å²) in [7, 11) is 3.38. The maximum atomic E-state index is 13.8. The van der Waals surface area contributed by atoms with Crippen molar-refractivity contribution in [3.63, 3.8) is 0 Å². The van der Waals surface area contributed by atoms with Gasteiger partial charge in [-0.15, -0.1) is 0 Å². The van der Waals surface area contributed by atoms with E-state index in [4.69, 9.17) is 4.42 Å². The smallest absolute Gasteiger partial charge is 0.331 e. The van der Waals surface area contributed by atoms with Gasteiger partial charge in [-0.05, 0) is 31.4 Å². The highest BCUT2D eigenvalue weighted by Crippen LogP contribution is 2.35. The van der Waals surface area contributed by atoms with Crippen molar-refractivity contribution in [1.82, 2.24) is 15.5 Å². The number of carbonyl (C=O) groups excluding carboxylic acids is 2. The first-order valence-electron chi connectivity index (χ1n) is 12.7. The van der Waals surface area contributed by atoms with Crippen LogP contribution in [0.15, 0.2) is 46.6 Å². The first kappa shape index (κ1) is 30.1. The molecule has 0 saturated carbocycles. The van der Waals surface area contributed by atoms with E-state index in [9.17, 15) is 19.5 Å². The fourth-order valence-corrected chi connectivity index (χ4v) is 4.76.